The smallest absolute Gasteiger partial charge is 0.252 e. The van der Waals surface area contributed by atoms with Crippen LogP contribution in [0.1, 0.15) is 39.4 Å². The molecule has 2 aromatic carbocycles. The Labute approximate surface area is 181 Å². The zero-order chi connectivity index (χ0) is 20.9. The van der Waals surface area contributed by atoms with Crippen molar-refractivity contribution in [2.45, 2.75) is 43.5 Å². The lowest BCUT2D eigenvalue weighted by molar-refractivity contribution is 0.0934. The van der Waals surface area contributed by atoms with E-state index in [4.69, 9.17) is 4.52 Å². The molecule has 5 nitrogen and oxygen atoms in total. The Morgan fingerprint density at radius 2 is 1.93 bits per heavy atom. The van der Waals surface area contributed by atoms with Crippen LogP contribution in [0.3, 0.4) is 0 Å². The molecule has 6 heteroatoms. The molecule has 1 aliphatic heterocycles. The SMILES string of the molecule is Cc1noc(C)c1CSc1ccccc1C(=O)NC1CCN(Cc2ccccc2)C1. The van der Waals surface area contributed by atoms with E-state index in [0.717, 1.165) is 59.3 Å². The molecule has 156 valence electrons. The zero-order valence-corrected chi connectivity index (χ0v) is 18.2. The molecule has 1 saturated heterocycles. The summed E-state index contributed by atoms with van der Waals surface area (Å²) in [6, 6.07) is 18.5. The summed E-state index contributed by atoms with van der Waals surface area (Å²) in [5, 5.41) is 7.26. The third-order valence-corrected chi connectivity index (χ3v) is 6.64. The minimum atomic E-state index is 0.00317. The fourth-order valence-electron chi connectivity index (χ4n) is 3.84. The van der Waals surface area contributed by atoms with Crippen LogP contribution < -0.4 is 5.32 Å². The van der Waals surface area contributed by atoms with Gasteiger partial charge in [0.15, 0.2) is 0 Å². The zero-order valence-electron chi connectivity index (χ0n) is 17.4. The third-order valence-electron chi connectivity index (χ3n) is 5.54. The van der Waals surface area contributed by atoms with Crippen LogP contribution in [0.5, 0.6) is 0 Å². The number of benzene rings is 2. The number of hydrogen-bond donors (Lipinski definition) is 1. The highest BCUT2D eigenvalue weighted by Crippen LogP contribution is 2.29. The molecule has 0 saturated carbocycles. The second-order valence-electron chi connectivity index (χ2n) is 7.77. The van der Waals surface area contributed by atoms with Crippen LogP contribution in [0.15, 0.2) is 64.0 Å². The van der Waals surface area contributed by atoms with Crippen molar-refractivity contribution in [3.8, 4) is 0 Å². The molecule has 1 unspecified atom stereocenters. The Bertz CT molecular complexity index is 983. The molecule has 0 aliphatic carbocycles. The number of likely N-dealkylation sites (tertiary alicyclic amines) is 1. The van der Waals surface area contributed by atoms with E-state index < -0.39 is 0 Å². The van der Waals surface area contributed by atoms with Crippen molar-refractivity contribution in [3.05, 3.63) is 82.7 Å². The van der Waals surface area contributed by atoms with Crippen LogP contribution in [-0.2, 0) is 12.3 Å². The lowest BCUT2D eigenvalue weighted by atomic mass is 10.2. The molecular formula is C24H27N3O2S. The van der Waals surface area contributed by atoms with Crippen LogP contribution >= 0.6 is 11.8 Å². The lowest BCUT2D eigenvalue weighted by Crippen LogP contribution is -2.37. The molecule has 1 aliphatic rings. The minimum absolute atomic E-state index is 0.00317. The van der Waals surface area contributed by atoms with Gasteiger partial charge in [-0.3, -0.25) is 9.69 Å². The van der Waals surface area contributed by atoms with Crippen molar-refractivity contribution in [2.75, 3.05) is 13.1 Å². The summed E-state index contributed by atoms with van der Waals surface area (Å²) in [5.74, 6) is 1.58. The highest BCUT2D eigenvalue weighted by atomic mass is 32.2. The topological polar surface area (TPSA) is 58.4 Å². The number of carbonyl (C=O) groups excluding carboxylic acids is 1. The fraction of sp³-hybridized carbons (Fsp3) is 0.333. The number of rotatable bonds is 7. The Kier molecular flexibility index (Phi) is 6.55. The number of aryl methyl sites for hydroxylation is 2. The first-order valence-electron chi connectivity index (χ1n) is 10.3. The maximum absolute atomic E-state index is 13.0. The summed E-state index contributed by atoms with van der Waals surface area (Å²) in [6.07, 6.45) is 0.979. The van der Waals surface area contributed by atoms with Gasteiger partial charge in [-0.25, -0.2) is 0 Å². The number of amides is 1. The first-order valence-corrected chi connectivity index (χ1v) is 11.3. The number of nitrogens with zero attached hydrogens (tertiary/aromatic N) is 2. The monoisotopic (exact) mass is 421 g/mol. The molecule has 0 radical (unpaired) electrons. The van der Waals surface area contributed by atoms with E-state index in [1.165, 1.54) is 5.56 Å². The second-order valence-corrected chi connectivity index (χ2v) is 8.78. The number of carbonyl (C=O) groups is 1. The summed E-state index contributed by atoms with van der Waals surface area (Å²) >= 11 is 1.65. The second kappa shape index (κ2) is 9.49. The minimum Gasteiger partial charge on any atom is -0.361 e. The van der Waals surface area contributed by atoms with Gasteiger partial charge in [0.2, 0.25) is 0 Å². The average molecular weight is 422 g/mol. The molecule has 30 heavy (non-hydrogen) atoms. The Balaban J connectivity index is 1.36. The van der Waals surface area contributed by atoms with E-state index >= 15 is 0 Å². The molecule has 3 aromatic rings. The van der Waals surface area contributed by atoms with E-state index in [1.54, 1.807) is 11.8 Å². The third kappa shape index (κ3) is 4.94. The standard InChI is InChI=1S/C24H27N3O2S/c1-17-22(18(2)29-26-17)16-30-23-11-7-6-10-21(23)24(28)25-20-12-13-27(15-20)14-19-8-4-3-5-9-19/h3-11,20H,12-16H2,1-2H3,(H,25,28). The van der Waals surface area contributed by atoms with Gasteiger partial charge in [0, 0.05) is 41.9 Å². The predicted molar refractivity (Wildman–Crippen MR) is 120 cm³/mol. The first-order chi connectivity index (χ1) is 14.6. The van der Waals surface area contributed by atoms with Crippen molar-refractivity contribution in [3.63, 3.8) is 0 Å². The summed E-state index contributed by atoms with van der Waals surface area (Å²) in [5.41, 5.74) is 4.05. The molecule has 0 bridgehead atoms. The number of aromatic nitrogens is 1. The molecule has 1 aromatic heterocycles. The predicted octanol–water partition coefficient (Wildman–Crippen LogP) is 4.59. The van der Waals surface area contributed by atoms with E-state index in [0.29, 0.717) is 0 Å². The van der Waals surface area contributed by atoms with Gasteiger partial charge < -0.3 is 9.84 Å². The van der Waals surface area contributed by atoms with E-state index in [-0.39, 0.29) is 11.9 Å². The molecule has 4 rings (SSSR count). The van der Waals surface area contributed by atoms with Crippen LogP contribution in [0.4, 0.5) is 0 Å². The molecule has 2 heterocycles. The Morgan fingerprint density at radius 3 is 2.70 bits per heavy atom. The number of nitrogens with one attached hydrogen (secondary N) is 1. The summed E-state index contributed by atoms with van der Waals surface area (Å²) in [7, 11) is 0. The fourth-order valence-corrected chi connectivity index (χ4v) is 5.04. The van der Waals surface area contributed by atoms with Crippen molar-refractivity contribution >= 4 is 17.7 Å². The van der Waals surface area contributed by atoms with Crippen LogP contribution in [0, 0.1) is 13.8 Å². The van der Waals surface area contributed by atoms with E-state index in [1.807, 2.05) is 44.2 Å². The van der Waals surface area contributed by atoms with Gasteiger partial charge in [-0.1, -0.05) is 47.6 Å². The lowest BCUT2D eigenvalue weighted by Gasteiger charge is -2.17. The van der Waals surface area contributed by atoms with Crippen LogP contribution in [0.2, 0.25) is 0 Å². The van der Waals surface area contributed by atoms with Gasteiger partial charge >= 0.3 is 0 Å². The maximum atomic E-state index is 13.0. The summed E-state index contributed by atoms with van der Waals surface area (Å²) < 4.78 is 5.26. The van der Waals surface area contributed by atoms with Crippen LogP contribution in [0.25, 0.3) is 0 Å². The number of hydrogen-bond acceptors (Lipinski definition) is 5. The van der Waals surface area contributed by atoms with Crippen molar-refractivity contribution in [1.82, 2.24) is 15.4 Å². The Morgan fingerprint density at radius 1 is 1.17 bits per heavy atom. The van der Waals surface area contributed by atoms with Gasteiger partial charge in [-0.15, -0.1) is 11.8 Å². The van der Waals surface area contributed by atoms with Gasteiger partial charge in [-0.05, 0) is 38.0 Å². The molecular weight excluding hydrogens is 394 g/mol. The normalized spacial score (nSPS) is 16.7. The molecule has 1 amide bonds. The van der Waals surface area contributed by atoms with Crippen LogP contribution in [-0.4, -0.2) is 35.1 Å². The van der Waals surface area contributed by atoms with Gasteiger partial charge in [0.05, 0.1) is 11.3 Å². The van der Waals surface area contributed by atoms with Gasteiger partial charge in [0.25, 0.3) is 5.91 Å². The molecule has 1 fully saturated rings. The van der Waals surface area contributed by atoms with E-state index in [2.05, 4.69) is 39.6 Å². The van der Waals surface area contributed by atoms with Crippen molar-refractivity contribution in [2.24, 2.45) is 0 Å². The molecule has 1 N–H and O–H groups in total. The van der Waals surface area contributed by atoms with E-state index in [9.17, 15) is 4.79 Å². The van der Waals surface area contributed by atoms with Gasteiger partial charge in [-0.2, -0.15) is 0 Å². The molecule has 0 spiro atoms. The quantitative estimate of drug-likeness (QED) is 0.566. The highest BCUT2D eigenvalue weighted by Gasteiger charge is 2.25. The largest absolute Gasteiger partial charge is 0.361 e. The van der Waals surface area contributed by atoms with Crippen molar-refractivity contribution < 1.29 is 9.32 Å². The molecule has 1 atom stereocenters. The van der Waals surface area contributed by atoms with Crippen molar-refractivity contribution in [1.29, 1.82) is 0 Å². The van der Waals surface area contributed by atoms with Gasteiger partial charge in [0.1, 0.15) is 5.76 Å². The Hall–Kier alpha value is -2.57. The average Bonchev–Trinajstić information content (AvgIpc) is 3.33. The summed E-state index contributed by atoms with van der Waals surface area (Å²) in [6.45, 7) is 6.69. The highest BCUT2D eigenvalue weighted by molar-refractivity contribution is 7.98. The summed E-state index contributed by atoms with van der Waals surface area (Å²) in [4.78, 5) is 16.4. The maximum Gasteiger partial charge on any atom is 0.252 e. The first kappa shape index (κ1) is 20.7. The number of thioether (sulfide) groups is 1.